The summed E-state index contributed by atoms with van der Waals surface area (Å²) in [4.78, 5) is 15.4. The van der Waals surface area contributed by atoms with Crippen LogP contribution in [0.4, 0.5) is 5.82 Å². The number of hydrogen-bond acceptors (Lipinski definition) is 5. The van der Waals surface area contributed by atoms with Gasteiger partial charge in [-0.1, -0.05) is 0 Å². The smallest absolute Gasteiger partial charge is 0.182 e. The van der Waals surface area contributed by atoms with Crippen LogP contribution in [-0.4, -0.2) is 39.7 Å². The summed E-state index contributed by atoms with van der Waals surface area (Å²) < 4.78 is 5.35. The molecule has 0 bridgehead atoms. The van der Waals surface area contributed by atoms with Gasteiger partial charge in [-0.25, -0.2) is 15.0 Å². The highest BCUT2D eigenvalue weighted by atomic mass is 16.5. The summed E-state index contributed by atoms with van der Waals surface area (Å²) in [5.41, 5.74) is 1.57. The molecule has 0 radical (unpaired) electrons. The lowest BCUT2D eigenvalue weighted by Crippen LogP contribution is -2.10. The molecule has 1 saturated heterocycles. The van der Waals surface area contributed by atoms with E-state index < -0.39 is 0 Å². The molecular weight excluding hydrogens is 218 g/mol. The minimum absolute atomic E-state index is 0.682. The molecule has 6 heteroatoms. The maximum atomic E-state index is 5.35. The van der Waals surface area contributed by atoms with Crippen LogP contribution >= 0.6 is 0 Å². The molecule has 1 aliphatic heterocycles. The van der Waals surface area contributed by atoms with Crippen molar-refractivity contribution in [3.8, 4) is 0 Å². The van der Waals surface area contributed by atoms with Crippen molar-refractivity contribution in [2.24, 2.45) is 5.92 Å². The van der Waals surface area contributed by atoms with Crippen LogP contribution in [0.1, 0.15) is 12.8 Å². The number of anilines is 1. The van der Waals surface area contributed by atoms with Crippen LogP contribution in [0.25, 0.3) is 11.2 Å². The zero-order valence-electron chi connectivity index (χ0n) is 9.52. The predicted octanol–water partition coefficient (Wildman–Crippen LogP) is 1.19. The Bertz CT molecular complexity index is 491. The molecule has 0 aliphatic carbocycles. The number of rotatable bonds is 4. The van der Waals surface area contributed by atoms with Crippen LogP contribution in [0.3, 0.4) is 0 Å². The summed E-state index contributed by atoms with van der Waals surface area (Å²) in [6.07, 6.45) is 5.45. The van der Waals surface area contributed by atoms with Crippen molar-refractivity contribution >= 4 is 17.0 Å². The van der Waals surface area contributed by atoms with E-state index in [9.17, 15) is 0 Å². The van der Waals surface area contributed by atoms with Crippen LogP contribution in [0.5, 0.6) is 0 Å². The fourth-order valence-electron chi connectivity index (χ4n) is 2.10. The van der Waals surface area contributed by atoms with Gasteiger partial charge in [-0.2, -0.15) is 0 Å². The summed E-state index contributed by atoms with van der Waals surface area (Å²) >= 11 is 0. The SMILES string of the molecule is c1nc(NCCC2CCOC2)c2[nH]cnc2n1. The molecule has 1 fully saturated rings. The van der Waals surface area contributed by atoms with Crippen molar-refractivity contribution in [3.05, 3.63) is 12.7 Å². The molecule has 17 heavy (non-hydrogen) atoms. The molecule has 2 N–H and O–H groups in total. The van der Waals surface area contributed by atoms with Crippen molar-refractivity contribution in [2.45, 2.75) is 12.8 Å². The predicted molar refractivity (Wildman–Crippen MR) is 63.7 cm³/mol. The molecule has 6 nitrogen and oxygen atoms in total. The largest absolute Gasteiger partial charge is 0.381 e. The quantitative estimate of drug-likeness (QED) is 0.829. The Labute approximate surface area is 98.8 Å². The fraction of sp³-hybridized carbons (Fsp3) is 0.545. The molecule has 1 aliphatic rings. The fourth-order valence-corrected chi connectivity index (χ4v) is 2.10. The van der Waals surface area contributed by atoms with Gasteiger partial charge < -0.3 is 15.0 Å². The minimum atomic E-state index is 0.682. The van der Waals surface area contributed by atoms with Crippen LogP contribution in [-0.2, 0) is 4.74 Å². The molecule has 0 spiro atoms. The second kappa shape index (κ2) is 4.67. The summed E-state index contributed by atoms with van der Waals surface area (Å²) in [6.45, 7) is 2.70. The van der Waals surface area contributed by atoms with E-state index in [0.717, 1.165) is 37.5 Å². The van der Waals surface area contributed by atoms with Crippen LogP contribution < -0.4 is 5.32 Å². The molecule has 0 amide bonds. The van der Waals surface area contributed by atoms with Crippen LogP contribution in [0.2, 0.25) is 0 Å². The Balaban J connectivity index is 1.62. The first kappa shape index (κ1) is 10.5. The standard InChI is InChI=1S/C11H15N5O/c1(8-2-4-17-5-8)3-12-10-9-11(14-6-13-9)16-7-15-10/h6-8H,1-5H2,(H2,12,13,14,15,16). The first-order valence-corrected chi connectivity index (χ1v) is 5.89. The average molecular weight is 233 g/mol. The molecule has 1 unspecified atom stereocenters. The molecule has 2 aromatic heterocycles. The lowest BCUT2D eigenvalue weighted by atomic mass is 10.1. The van der Waals surface area contributed by atoms with Gasteiger partial charge in [-0.3, -0.25) is 0 Å². The number of ether oxygens (including phenoxy) is 1. The Morgan fingerprint density at radius 1 is 1.41 bits per heavy atom. The molecule has 90 valence electrons. The first-order valence-electron chi connectivity index (χ1n) is 5.89. The van der Waals surface area contributed by atoms with Gasteiger partial charge in [-0.05, 0) is 18.8 Å². The maximum Gasteiger partial charge on any atom is 0.182 e. The van der Waals surface area contributed by atoms with Crippen LogP contribution in [0, 0.1) is 5.92 Å². The number of nitrogens with one attached hydrogen (secondary N) is 2. The summed E-state index contributed by atoms with van der Waals surface area (Å²) in [5.74, 6) is 1.51. The number of hydrogen-bond donors (Lipinski definition) is 2. The van der Waals surface area contributed by atoms with Crippen molar-refractivity contribution < 1.29 is 4.74 Å². The molecule has 3 heterocycles. The normalized spacial score (nSPS) is 19.9. The number of fused-ring (bicyclic) bond motifs is 1. The number of aromatic amines is 1. The van der Waals surface area contributed by atoms with Gasteiger partial charge in [0.25, 0.3) is 0 Å². The Morgan fingerprint density at radius 3 is 3.29 bits per heavy atom. The van der Waals surface area contributed by atoms with Gasteiger partial charge in [0.05, 0.1) is 6.33 Å². The third-order valence-electron chi connectivity index (χ3n) is 3.09. The Hall–Kier alpha value is -1.69. The van der Waals surface area contributed by atoms with E-state index in [1.807, 2.05) is 0 Å². The molecule has 2 aromatic rings. The number of H-pyrrole nitrogens is 1. The van der Waals surface area contributed by atoms with E-state index in [1.54, 1.807) is 6.33 Å². The van der Waals surface area contributed by atoms with Crippen molar-refractivity contribution in [1.82, 2.24) is 19.9 Å². The highest BCUT2D eigenvalue weighted by molar-refractivity contribution is 5.81. The lowest BCUT2D eigenvalue weighted by Gasteiger charge is -2.09. The minimum Gasteiger partial charge on any atom is -0.381 e. The van der Waals surface area contributed by atoms with Crippen molar-refractivity contribution in [3.63, 3.8) is 0 Å². The van der Waals surface area contributed by atoms with Gasteiger partial charge >= 0.3 is 0 Å². The van der Waals surface area contributed by atoms with Gasteiger partial charge in [0, 0.05) is 19.8 Å². The van der Waals surface area contributed by atoms with Crippen LogP contribution in [0.15, 0.2) is 12.7 Å². The summed E-state index contributed by atoms with van der Waals surface area (Å²) in [6, 6.07) is 0. The van der Waals surface area contributed by atoms with E-state index >= 15 is 0 Å². The monoisotopic (exact) mass is 233 g/mol. The van der Waals surface area contributed by atoms with E-state index in [2.05, 4.69) is 25.3 Å². The second-order valence-electron chi connectivity index (χ2n) is 4.27. The van der Waals surface area contributed by atoms with Crippen molar-refractivity contribution in [1.29, 1.82) is 0 Å². The van der Waals surface area contributed by atoms with Crippen molar-refractivity contribution in [2.75, 3.05) is 25.1 Å². The summed E-state index contributed by atoms with van der Waals surface area (Å²) in [7, 11) is 0. The van der Waals surface area contributed by atoms with Gasteiger partial charge in [0.2, 0.25) is 0 Å². The molecule has 0 aromatic carbocycles. The zero-order chi connectivity index (χ0) is 11.5. The number of aromatic nitrogens is 4. The first-order chi connectivity index (χ1) is 8.43. The maximum absolute atomic E-state index is 5.35. The molecule has 3 rings (SSSR count). The van der Waals surface area contributed by atoms with Gasteiger partial charge in [-0.15, -0.1) is 0 Å². The third-order valence-corrected chi connectivity index (χ3v) is 3.09. The average Bonchev–Trinajstić information content (AvgIpc) is 2.99. The molecule has 1 atom stereocenters. The third kappa shape index (κ3) is 2.21. The van der Waals surface area contributed by atoms with Gasteiger partial charge in [0.1, 0.15) is 11.8 Å². The van der Waals surface area contributed by atoms with E-state index in [1.165, 1.54) is 12.7 Å². The Kier molecular flexibility index (Phi) is 2.87. The van der Waals surface area contributed by atoms with E-state index in [-0.39, 0.29) is 0 Å². The summed E-state index contributed by atoms with van der Waals surface area (Å²) in [5, 5.41) is 3.32. The topological polar surface area (TPSA) is 75.7 Å². The second-order valence-corrected chi connectivity index (χ2v) is 4.27. The molecular formula is C11H15N5O. The lowest BCUT2D eigenvalue weighted by molar-refractivity contribution is 0.185. The zero-order valence-corrected chi connectivity index (χ0v) is 9.52. The molecule has 0 saturated carbocycles. The van der Waals surface area contributed by atoms with E-state index in [4.69, 9.17) is 4.74 Å². The highest BCUT2D eigenvalue weighted by Gasteiger charge is 2.15. The number of nitrogens with zero attached hydrogens (tertiary/aromatic N) is 3. The Morgan fingerprint density at radius 2 is 2.41 bits per heavy atom. The van der Waals surface area contributed by atoms with E-state index in [0.29, 0.717) is 11.6 Å². The number of imidazole rings is 1. The van der Waals surface area contributed by atoms with Gasteiger partial charge in [0.15, 0.2) is 11.5 Å². The highest BCUT2D eigenvalue weighted by Crippen LogP contribution is 2.18.